The van der Waals surface area contributed by atoms with Crippen LogP contribution in [0.25, 0.3) is 0 Å². The summed E-state index contributed by atoms with van der Waals surface area (Å²) in [7, 11) is 0. The van der Waals surface area contributed by atoms with Gasteiger partial charge in [0.15, 0.2) is 0 Å². The van der Waals surface area contributed by atoms with Crippen molar-refractivity contribution in [3.05, 3.63) is 57.9 Å². The van der Waals surface area contributed by atoms with Gasteiger partial charge in [-0.15, -0.1) is 0 Å². The molecule has 0 atom stereocenters. The van der Waals surface area contributed by atoms with Gasteiger partial charge < -0.3 is 9.64 Å². The maximum absolute atomic E-state index is 13.1. The van der Waals surface area contributed by atoms with Crippen LogP contribution in [0.3, 0.4) is 0 Å². The molecule has 0 saturated carbocycles. The molecule has 0 saturated heterocycles. The molecule has 29 heavy (non-hydrogen) atoms. The van der Waals surface area contributed by atoms with Crippen LogP contribution in [0.4, 0.5) is 26.3 Å². The summed E-state index contributed by atoms with van der Waals surface area (Å²) in [5, 5.41) is -0.167. The molecule has 0 bridgehead atoms. The number of carbonyl (C=O) groups is 1. The number of amides is 1. The van der Waals surface area contributed by atoms with E-state index in [0.717, 1.165) is 4.90 Å². The summed E-state index contributed by atoms with van der Waals surface area (Å²) in [5.41, 5.74) is -3.27. The van der Waals surface area contributed by atoms with Crippen LogP contribution < -0.4 is 4.74 Å². The van der Waals surface area contributed by atoms with Crippen LogP contribution in [0, 0.1) is 0 Å². The highest BCUT2D eigenvalue weighted by atomic mass is 35.5. The zero-order valence-corrected chi connectivity index (χ0v) is 15.3. The summed E-state index contributed by atoms with van der Waals surface area (Å²) in [6, 6.07) is 2.66. The van der Waals surface area contributed by atoms with Gasteiger partial charge in [-0.1, -0.05) is 11.6 Å². The molecule has 2 heterocycles. The maximum Gasteiger partial charge on any atom is 0.416 e. The third kappa shape index (κ3) is 4.75. The molecular weight excluding hydrogens is 426 g/mol. The highest BCUT2D eigenvalue weighted by Gasteiger charge is 2.37. The minimum absolute atomic E-state index is 0.0444. The first-order chi connectivity index (χ1) is 13.5. The molecule has 0 N–H and O–H groups in total. The van der Waals surface area contributed by atoms with Crippen molar-refractivity contribution in [2.45, 2.75) is 25.3 Å². The number of carbonyl (C=O) groups excluding carboxylic acids is 1. The SMILES string of the molecule is O=C1c2c(ccnc2Cl)OCCCN1Cc1cc(C(F)(F)F)cc(C(F)(F)F)c1. The number of benzene rings is 1. The van der Waals surface area contributed by atoms with Crippen molar-refractivity contribution in [3.8, 4) is 5.75 Å². The number of hydrogen-bond acceptors (Lipinski definition) is 3. The molecule has 1 aliphatic heterocycles. The number of fused-ring (bicyclic) bond motifs is 1. The third-order valence-electron chi connectivity index (χ3n) is 4.22. The van der Waals surface area contributed by atoms with Gasteiger partial charge in [0, 0.05) is 19.3 Å². The Hall–Kier alpha value is -2.49. The van der Waals surface area contributed by atoms with Crippen LogP contribution in [0.2, 0.25) is 5.15 Å². The summed E-state index contributed by atoms with van der Waals surface area (Å²) in [6.45, 7) is -0.217. The minimum atomic E-state index is -4.97. The zero-order valence-electron chi connectivity index (χ0n) is 14.6. The molecule has 0 aliphatic carbocycles. The van der Waals surface area contributed by atoms with E-state index in [4.69, 9.17) is 16.3 Å². The number of aromatic nitrogens is 1. The number of rotatable bonds is 2. The molecule has 0 unspecified atom stereocenters. The molecule has 0 radical (unpaired) electrons. The summed E-state index contributed by atoms with van der Waals surface area (Å²) in [5.74, 6) is -0.538. The lowest BCUT2D eigenvalue weighted by molar-refractivity contribution is -0.143. The number of pyridine rings is 1. The van der Waals surface area contributed by atoms with Crippen LogP contribution in [0.15, 0.2) is 30.5 Å². The molecule has 3 rings (SSSR count). The number of hydrogen-bond donors (Lipinski definition) is 0. The van der Waals surface area contributed by atoms with Crippen molar-refractivity contribution in [2.75, 3.05) is 13.2 Å². The fraction of sp³-hybridized carbons (Fsp3) is 0.333. The fourth-order valence-corrected chi connectivity index (χ4v) is 3.14. The average Bonchev–Trinajstić information content (AvgIpc) is 2.61. The Balaban J connectivity index is 2.00. The van der Waals surface area contributed by atoms with E-state index in [2.05, 4.69) is 4.98 Å². The molecule has 11 heteroatoms. The monoisotopic (exact) mass is 438 g/mol. The van der Waals surface area contributed by atoms with Gasteiger partial charge in [-0.25, -0.2) is 4.98 Å². The van der Waals surface area contributed by atoms with E-state index in [9.17, 15) is 31.1 Å². The first-order valence-corrected chi connectivity index (χ1v) is 8.69. The van der Waals surface area contributed by atoms with Gasteiger partial charge in [0.2, 0.25) is 0 Å². The molecule has 1 amide bonds. The summed E-state index contributed by atoms with van der Waals surface area (Å²) < 4.78 is 83.9. The van der Waals surface area contributed by atoms with Gasteiger partial charge in [0.05, 0.1) is 17.7 Å². The fourth-order valence-electron chi connectivity index (χ4n) is 2.91. The van der Waals surface area contributed by atoms with E-state index in [1.54, 1.807) is 0 Å². The number of nitrogens with zero attached hydrogens (tertiary/aromatic N) is 2. The third-order valence-corrected chi connectivity index (χ3v) is 4.50. The van der Waals surface area contributed by atoms with E-state index in [0.29, 0.717) is 18.6 Å². The highest BCUT2D eigenvalue weighted by molar-refractivity contribution is 6.33. The predicted octanol–water partition coefficient (Wildman–Crippen LogP) is 5.20. The maximum atomic E-state index is 13.1. The number of halogens is 7. The molecule has 0 fully saturated rings. The topological polar surface area (TPSA) is 42.4 Å². The average molecular weight is 439 g/mol. The van der Waals surface area contributed by atoms with Crippen LogP contribution in [0.1, 0.15) is 33.5 Å². The predicted molar refractivity (Wildman–Crippen MR) is 90.5 cm³/mol. The molecule has 2 aromatic rings. The second-order valence-electron chi connectivity index (χ2n) is 6.32. The molecule has 0 spiro atoms. The lowest BCUT2D eigenvalue weighted by Crippen LogP contribution is -2.34. The summed E-state index contributed by atoms with van der Waals surface area (Å²) in [4.78, 5) is 17.8. The molecule has 1 aliphatic rings. The zero-order chi connectivity index (χ0) is 21.4. The Morgan fingerprint density at radius 3 is 2.28 bits per heavy atom. The lowest BCUT2D eigenvalue weighted by Gasteiger charge is -2.27. The van der Waals surface area contributed by atoms with Crippen molar-refractivity contribution in [3.63, 3.8) is 0 Å². The van der Waals surface area contributed by atoms with Gasteiger partial charge in [0.1, 0.15) is 16.5 Å². The van der Waals surface area contributed by atoms with E-state index in [-0.39, 0.29) is 41.2 Å². The Morgan fingerprint density at radius 2 is 1.69 bits per heavy atom. The largest absolute Gasteiger partial charge is 0.493 e. The van der Waals surface area contributed by atoms with Crippen molar-refractivity contribution in [1.29, 1.82) is 0 Å². The standard InChI is InChI=1S/C18H13ClF6N2O2/c19-15-14-13(2-3-26-15)29-5-1-4-27(16(14)28)9-10-6-11(17(20,21)22)8-12(7-10)18(23,24)25/h2-3,6-8H,1,4-5,9H2. The van der Waals surface area contributed by atoms with Crippen LogP contribution >= 0.6 is 11.6 Å². The van der Waals surface area contributed by atoms with Gasteiger partial charge in [0.25, 0.3) is 5.91 Å². The summed E-state index contributed by atoms with van der Waals surface area (Å²) >= 11 is 5.97. The van der Waals surface area contributed by atoms with E-state index >= 15 is 0 Å². The number of alkyl halides is 6. The first kappa shape index (κ1) is 21.2. The molecule has 4 nitrogen and oxygen atoms in total. The van der Waals surface area contributed by atoms with Crippen LogP contribution in [-0.2, 0) is 18.9 Å². The summed E-state index contributed by atoms with van der Waals surface area (Å²) in [6.07, 6.45) is -8.28. The van der Waals surface area contributed by atoms with E-state index in [1.807, 2.05) is 0 Å². The quantitative estimate of drug-likeness (QED) is 0.478. The lowest BCUT2D eigenvalue weighted by atomic mass is 10.0. The Morgan fingerprint density at radius 1 is 1.07 bits per heavy atom. The Bertz CT molecular complexity index is 897. The van der Waals surface area contributed by atoms with E-state index in [1.165, 1.54) is 12.3 Å². The molecule has 1 aromatic carbocycles. The van der Waals surface area contributed by atoms with Gasteiger partial charge in [-0.3, -0.25) is 4.79 Å². The number of ether oxygens (including phenoxy) is 1. The Labute approximate surface area is 166 Å². The second-order valence-corrected chi connectivity index (χ2v) is 6.68. The first-order valence-electron chi connectivity index (χ1n) is 8.32. The molecule has 1 aromatic heterocycles. The smallest absolute Gasteiger partial charge is 0.416 e. The van der Waals surface area contributed by atoms with Crippen molar-refractivity contribution in [1.82, 2.24) is 9.88 Å². The van der Waals surface area contributed by atoms with Gasteiger partial charge >= 0.3 is 12.4 Å². The Kier molecular flexibility index (Phi) is 5.66. The van der Waals surface area contributed by atoms with Crippen LogP contribution in [0.5, 0.6) is 5.75 Å². The van der Waals surface area contributed by atoms with Gasteiger partial charge in [-0.05, 0) is 36.2 Å². The normalized spacial score (nSPS) is 15.4. The van der Waals surface area contributed by atoms with Crippen molar-refractivity contribution >= 4 is 17.5 Å². The molecular formula is C18H13ClF6N2O2. The molecule has 156 valence electrons. The van der Waals surface area contributed by atoms with Crippen LogP contribution in [-0.4, -0.2) is 28.9 Å². The second kappa shape index (κ2) is 7.74. The highest BCUT2D eigenvalue weighted by Crippen LogP contribution is 2.37. The van der Waals surface area contributed by atoms with Crippen molar-refractivity contribution < 1.29 is 35.9 Å². The van der Waals surface area contributed by atoms with Crippen molar-refractivity contribution in [2.24, 2.45) is 0 Å². The van der Waals surface area contributed by atoms with E-state index < -0.39 is 35.9 Å². The minimum Gasteiger partial charge on any atom is -0.493 e. The van der Waals surface area contributed by atoms with Gasteiger partial charge in [-0.2, -0.15) is 26.3 Å².